The van der Waals surface area contributed by atoms with Crippen molar-refractivity contribution in [3.8, 4) is 0 Å². The molecule has 0 atom stereocenters. The Morgan fingerprint density at radius 1 is 1.19 bits per heavy atom. The highest BCUT2D eigenvalue weighted by atomic mass is 31.2. The maximum absolute atomic E-state index is 11.2. The Labute approximate surface area is 120 Å². The number of pyridine rings is 1. The van der Waals surface area contributed by atoms with Crippen molar-refractivity contribution in [1.29, 1.82) is 0 Å². The molecule has 21 heavy (non-hydrogen) atoms. The number of fused-ring (bicyclic) bond motifs is 1. The lowest BCUT2D eigenvalue weighted by molar-refractivity contribution is 0.371. The smallest absolute Gasteiger partial charge is 0.325 e. The average molecular weight is 312 g/mol. The molecule has 0 radical (unpaired) electrons. The van der Waals surface area contributed by atoms with Crippen LogP contribution in [0.1, 0.15) is 19.3 Å². The topological polar surface area (TPSA) is 128 Å². The lowest BCUT2D eigenvalue weighted by atomic mass is 10.2. The number of nitrogens with zero attached hydrogens (tertiary/aromatic N) is 2. The van der Waals surface area contributed by atoms with E-state index in [2.05, 4.69) is 20.3 Å². The maximum atomic E-state index is 11.2. The minimum atomic E-state index is -3.88. The van der Waals surface area contributed by atoms with Gasteiger partial charge in [0.15, 0.2) is 0 Å². The Bertz CT molecular complexity index is 712. The van der Waals surface area contributed by atoms with Crippen molar-refractivity contribution in [2.45, 2.75) is 19.3 Å². The molecule has 0 fully saturated rings. The van der Waals surface area contributed by atoms with Gasteiger partial charge in [0.05, 0.1) is 5.39 Å². The zero-order chi connectivity index (χ0) is 15.3. The van der Waals surface area contributed by atoms with Crippen molar-refractivity contribution >= 4 is 24.4 Å². The van der Waals surface area contributed by atoms with Crippen LogP contribution in [0.25, 0.3) is 11.0 Å². The number of aromatic amines is 1. The number of anilines is 1. The highest BCUT2D eigenvalue weighted by Gasteiger charge is 2.11. The fraction of sp³-hybridized carbons (Fsp3) is 0.417. The highest BCUT2D eigenvalue weighted by Crippen LogP contribution is 2.35. The van der Waals surface area contributed by atoms with Gasteiger partial charge in [-0.1, -0.05) is 6.42 Å². The summed E-state index contributed by atoms with van der Waals surface area (Å²) in [6, 6.07) is 3.07. The van der Waals surface area contributed by atoms with Gasteiger partial charge in [0, 0.05) is 18.8 Å². The van der Waals surface area contributed by atoms with E-state index in [1.54, 1.807) is 6.07 Å². The zero-order valence-electron chi connectivity index (χ0n) is 11.3. The number of H-pyrrole nitrogens is 1. The van der Waals surface area contributed by atoms with Crippen molar-refractivity contribution in [2.24, 2.45) is 0 Å². The summed E-state index contributed by atoms with van der Waals surface area (Å²) in [6.45, 7) is 0.631. The van der Waals surface area contributed by atoms with Crippen LogP contribution in [-0.4, -0.2) is 37.4 Å². The van der Waals surface area contributed by atoms with Gasteiger partial charge in [-0.05, 0) is 18.9 Å². The van der Waals surface area contributed by atoms with E-state index >= 15 is 0 Å². The molecular formula is C12H17N4O4P. The van der Waals surface area contributed by atoms with Gasteiger partial charge in [-0.3, -0.25) is 9.36 Å². The van der Waals surface area contributed by atoms with Crippen molar-refractivity contribution in [3.05, 3.63) is 28.8 Å². The van der Waals surface area contributed by atoms with Crippen LogP contribution in [0, 0.1) is 0 Å². The molecule has 0 unspecified atom stereocenters. The molecule has 2 rings (SSSR count). The molecule has 114 valence electrons. The van der Waals surface area contributed by atoms with Crippen molar-refractivity contribution in [1.82, 2.24) is 15.0 Å². The third kappa shape index (κ3) is 4.93. The van der Waals surface area contributed by atoms with Gasteiger partial charge in [-0.15, -0.1) is 0 Å². The summed E-state index contributed by atoms with van der Waals surface area (Å²) in [7, 11) is -3.88. The van der Waals surface area contributed by atoms with Crippen LogP contribution >= 0.6 is 7.60 Å². The van der Waals surface area contributed by atoms with E-state index in [1.165, 1.54) is 12.4 Å². The summed E-state index contributed by atoms with van der Waals surface area (Å²) in [6.07, 6.45) is 3.27. The SMILES string of the molecule is O=c1ccc2c(NCCCCCP(=O)(O)O)ncnc2[nH]1. The summed E-state index contributed by atoms with van der Waals surface area (Å²) < 4.78 is 10.7. The normalized spacial score (nSPS) is 11.7. The van der Waals surface area contributed by atoms with Crippen LogP contribution in [0.5, 0.6) is 0 Å². The molecule has 0 amide bonds. The molecule has 0 saturated heterocycles. The van der Waals surface area contributed by atoms with E-state index in [4.69, 9.17) is 9.79 Å². The number of aromatic nitrogens is 3. The zero-order valence-corrected chi connectivity index (χ0v) is 12.2. The molecule has 0 bridgehead atoms. The first-order valence-electron chi connectivity index (χ1n) is 6.58. The van der Waals surface area contributed by atoms with Crippen molar-refractivity contribution in [2.75, 3.05) is 18.0 Å². The second-order valence-electron chi connectivity index (χ2n) is 4.68. The summed E-state index contributed by atoms with van der Waals surface area (Å²) in [5.41, 5.74) is 0.256. The Kier molecular flexibility index (Phi) is 5.06. The standard InChI is InChI=1S/C12H17N4O4P/c17-10-5-4-9-11(14-8-15-12(9)16-10)13-6-2-1-3-7-21(18,19)20/h4-5,8H,1-3,6-7H2,(H2,18,19,20)(H2,13,14,15,16,17). The van der Waals surface area contributed by atoms with Crippen LogP contribution in [0.3, 0.4) is 0 Å². The first-order valence-corrected chi connectivity index (χ1v) is 8.38. The molecule has 0 saturated carbocycles. The summed E-state index contributed by atoms with van der Waals surface area (Å²) in [5, 5.41) is 3.87. The molecule has 4 N–H and O–H groups in total. The number of hydrogen-bond donors (Lipinski definition) is 4. The van der Waals surface area contributed by atoms with Crippen molar-refractivity contribution < 1.29 is 14.4 Å². The molecule has 2 aromatic rings. The molecule has 8 nitrogen and oxygen atoms in total. The Morgan fingerprint density at radius 2 is 2.00 bits per heavy atom. The predicted molar refractivity (Wildman–Crippen MR) is 79.4 cm³/mol. The first-order chi connectivity index (χ1) is 9.96. The molecule has 0 aromatic carbocycles. The van der Waals surface area contributed by atoms with E-state index in [-0.39, 0.29) is 11.7 Å². The maximum Gasteiger partial charge on any atom is 0.325 e. The van der Waals surface area contributed by atoms with Gasteiger partial charge in [-0.2, -0.15) is 0 Å². The molecular weight excluding hydrogens is 295 g/mol. The van der Waals surface area contributed by atoms with Gasteiger partial charge in [0.25, 0.3) is 0 Å². The van der Waals surface area contributed by atoms with E-state index < -0.39 is 7.60 Å². The number of rotatable bonds is 7. The van der Waals surface area contributed by atoms with E-state index in [0.29, 0.717) is 24.4 Å². The van der Waals surface area contributed by atoms with Gasteiger partial charge < -0.3 is 20.1 Å². The van der Waals surface area contributed by atoms with Gasteiger partial charge in [-0.25, -0.2) is 9.97 Å². The number of nitrogens with one attached hydrogen (secondary N) is 2. The number of hydrogen-bond acceptors (Lipinski definition) is 5. The van der Waals surface area contributed by atoms with Gasteiger partial charge in [0.1, 0.15) is 17.8 Å². The van der Waals surface area contributed by atoms with Crippen LogP contribution < -0.4 is 10.9 Å². The molecule has 0 aliphatic carbocycles. The largest absolute Gasteiger partial charge is 0.369 e. The van der Waals surface area contributed by atoms with Crippen LogP contribution in [-0.2, 0) is 4.57 Å². The number of unbranched alkanes of at least 4 members (excludes halogenated alkanes) is 2. The third-order valence-corrected chi connectivity index (χ3v) is 3.84. The molecule has 2 heterocycles. The van der Waals surface area contributed by atoms with Crippen LogP contribution in [0.15, 0.2) is 23.3 Å². The third-order valence-electron chi connectivity index (χ3n) is 2.95. The first kappa shape index (κ1) is 15.6. The van der Waals surface area contributed by atoms with Crippen LogP contribution in [0.4, 0.5) is 5.82 Å². The lowest BCUT2D eigenvalue weighted by Gasteiger charge is -2.08. The van der Waals surface area contributed by atoms with Crippen LogP contribution in [0.2, 0.25) is 0 Å². The monoisotopic (exact) mass is 312 g/mol. The summed E-state index contributed by atoms with van der Waals surface area (Å²) in [5.74, 6) is 0.631. The second kappa shape index (κ2) is 6.80. The average Bonchev–Trinajstić information content (AvgIpc) is 2.41. The molecule has 0 aliphatic rings. The van der Waals surface area contributed by atoms with Gasteiger partial charge >= 0.3 is 7.60 Å². The van der Waals surface area contributed by atoms with E-state index in [0.717, 1.165) is 18.2 Å². The molecule has 2 aromatic heterocycles. The molecule has 0 spiro atoms. The highest BCUT2D eigenvalue weighted by molar-refractivity contribution is 7.51. The van der Waals surface area contributed by atoms with E-state index in [1.807, 2.05) is 0 Å². The van der Waals surface area contributed by atoms with E-state index in [9.17, 15) is 9.36 Å². The molecule has 9 heteroatoms. The fourth-order valence-corrected chi connectivity index (χ4v) is 2.57. The second-order valence-corrected chi connectivity index (χ2v) is 6.46. The Hall–Kier alpha value is -1.76. The fourth-order valence-electron chi connectivity index (χ4n) is 1.94. The minimum absolute atomic E-state index is 0.0787. The predicted octanol–water partition coefficient (Wildman–Crippen LogP) is 1.08. The Balaban J connectivity index is 1.87. The summed E-state index contributed by atoms with van der Waals surface area (Å²) >= 11 is 0. The quantitative estimate of drug-likeness (QED) is 0.445. The lowest BCUT2D eigenvalue weighted by Crippen LogP contribution is -2.08. The Morgan fingerprint density at radius 3 is 2.76 bits per heavy atom. The van der Waals surface area contributed by atoms with Gasteiger partial charge in [0.2, 0.25) is 5.56 Å². The minimum Gasteiger partial charge on any atom is -0.369 e. The molecule has 0 aliphatic heterocycles. The van der Waals surface area contributed by atoms with Crippen molar-refractivity contribution in [3.63, 3.8) is 0 Å². The summed E-state index contributed by atoms with van der Waals surface area (Å²) in [4.78, 5) is 39.4.